The standard InChI is InChI=1S/C14H25N3O/c1-6-17(11(4)5)13-8-7-12(15)14(16-13)18-9-10(2)3/h7-8,10-11H,6,9,15H2,1-5H3. The number of ether oxygens (including phenoxy) is 1. The zero-order chi connectivity index (χ0) is 13.7. The fourth-order valence-electron chi connectivity index (χ4n) is 1.75. The van der Waals surface area contributed by atoms with E-state index in [4.69, 9.17) is 10.5 Å². The van der Waals surface area contributed by atoms with E-state index < -0.39 is 0 Å². The predicted molar refractivity (Wildman–Crippen MR) is 77.1 cm³/mol. The van der Waals surface area contributed by atoms with Gasteiger partial charge >= 0.3 is 0 Å². The van der Waals surface area contributed by atoms with Gasteiger partial charge in [-0.1, -0.05) is 13.8 Å². The fourth-order valence-corrected chi connectivity index (χ4v) is 1.75. The largest absolute Gasteiger partial charge is 0.476 e. The molecule has 0 aliphatic carbocycles. The van der Waals surface area contributed by atoms with E-state index in [1.165, 1.54) is 0 Å². The third-order valence-corrected chi connectivity index (χ3v) is 2.69. The molecule has 0 aliphatic rings. The summed E-state index contributed by atoms with van der Waals surface area (Å²) in [6, 6.07) is 4.22. The van der Waals surface area contributed by atoms with E-state index in [0.717, 1.165) is 12.4 Å². The molecule has 0 atom stereocenters. The Morgan fingerprint density at radius 2 is 1.94 bits per heavy atom. The minimum Gasteiger partial charge on any atom is -0.476 e. The number of pyridine rings is 1. The molecule has 4 heteroatoms. The first-order valence-electron chi connectivity index (χ1n) is 6.61. The summed E-state index contributed by atoms with van der Waals surface area (Å²) >= 11 is 0. The zero-order valence-corrected chi connectivity index (χ0v) is 12.1. The van der Waals surface area contributed by atoms with E-state index >= 15 is 0 Å². The molecule has 18 heavy (non-hydrogen) atoms. The number of nitrogen functional groups attached to an aromatic ring is 1. The maximum atomic E-state index is 5.89. The molecule has 0 aliphatic heterocycles. The average molecular weight is 251 g/mol. The smallest absolute Gasteiger partial charge is 0.239 e. The SMILES string of the molecule is CCN(c1ccc(N)c(OCC(C)C)n1)C(C)C. The lowest BCUT2D eigenvalue weighted by molar-refractivity contribution is 0.263. The van der Waals surface area contributed by atoms with Gasteiger partial charge in [-0.25, -0.2) is 0 Å². The Balaban J connectivity index is 2.92. The number of rotatable bonds is 6. The molecule has 102 valence electrons. The molecule has 0 fully saturated rings. The molecule has 1 aromatic rings. The molecule has 0 saturated carbocycles. The van der Waals surface area contributed by atoms with Crippen LogP contribution < -0.4 is 15.4 Å². The highest BCUT2D eigenvalue weighted by Crippen LogP contribution is 2.24. The number of hydrogen-bond acceptors (Lipinski definition) is 4. The predicted octanol–water partition coefficient (Wildman–Crippen LogP) is 2.93. The highest BCUT2D eigenvalue weighted by atomic mass is 16.5. The molecule has 0 saturated heterocycles. The van der Waals surface area contributed by atoms with Crippen LogP contribution in [0.1, 0.15) is 34.6 Å². The van der Waals surface area contributed by atoms with Gasteiger partial charge in [0.2, 0.25) is 5.88 Å². The van der Waals surface area contributed by atoms with Gasteiger partial charge in [-0.3, -0.25) is 0 Å². The van der Waals surface area contributed by atoms with Crippen LogP contribution >= 0.6 is 0 Å². The van der Waals surface area contributed by atoms with Crippen LogP contribution in [0.15, 0.2) is 12.1 Å². The van der Waals surface area contributed by atoms with Crippen LogP contribution in [0.2, 0.25) is 0 Å². The van der Waals surface area contributed by atoms with Gasteiger partial charge in [0.25, 0.3) is 0 Å². The second kappa shape index (κ2) is 6.47. The molecule has 4 nitrogen and oxygen atoms in total. The van der Waals surface area contributed by atoms with Gasteiger partial charge in [-0.2, -0.15) is 4.98 Å². The van der Waals surface area contributed by atoms with Gasteiger partial charge in [0, 0.05) is 12.6 Å². The van der Waals surface area contributed by atoms with Crippen molar-refractivity contribution in [2.75, 3.05) is 23.8 Å². The molecule has 0 spiro atoms. The molecule has 2 N–H and O–H groups in total. The second-order valence-electron chi connectivity index (χ2n) is 5.15. The molecule has 1 aromatic heterocycles. The van der Waals surface area contributed by atoms with Crippen LogP contribution in [0, 0.1) is 5.92 Å². The molecule has 0 aromatic carbocycles. The first-order chi connectivity index (χ1) is 8.45. The summed E-state index contributed by atoms with van der Waals surface area (Å²) in [5.41, 5.74) is 6.48. The van der Waals surface area contributed by atoms with Crippen molar-refractivity contribution in [3.8, 4) is 5.88 Å². The Kier molecular flexibility index (Phi) is 5.25. The van der Waals surface area contributed by atoms with Gasteiger partial charge in [0.05, 0.1) is 12.3 Å². The maximum absolute atomic E-state index is 5.89. The lowest BCUT2D eigenvalue weighted by Gasteiger charge is -2.26. The summed E-state index contributed by atoms with van der Waals surface area (Å²) in [7, 11) is 0. The van der Waals surface area contributed by atoms with Crippen molar-refractivity contribution in [2.24, 2.45) is 5.92 Å². The third-order valence-electron chi connectivity index (χ3n) is 2.69. The summed E-state index contributed by atoms with van der Waals surface area (Å²) in [4.78, 5) is 6.73. The van der Waals surface area contributed by atoms with Crippen LogP contribution in [0.3, 0.4) is 0 Å². The second-order valence-corrected chi connectivity index (χ2v) is 5.15. The summed E-state index contributed by atoms with van der Waals surface area (Å²) in [6.07, 6.45) is 0. The van der Waals surface area contributed by atoms with E-state index in [1.807, 2.05) is 12.1 Å². The van der Waals surface area contributed by atoms with Gasteiger partial charge in [0.15, 0.2) is 0 Å². The van der Waals surface area contributed by atoms with E-state index in [1.54, 1.807) is 0 Å². The summed E-state index contributed by atoms with van der Waals surface area (Å²) in [6.45, 7) is 12.2. The lowest BCUT2D eigenvalue weighted by atomic mass is 10.2. The number of hydrogen-bond donors (Lipinski definition) is 1. The number of nitrogens with zero attached hydrogens (tertiary/aromatic N) is 2. The number of nitrogens with two attached hydrogens (primary N) is 1. The van der Waals surface area contributed by atoms with Crippen LogP contribution in [-0.2, 0) is 0 Å². The summed E-state index contributed by atoms with van der Waals surface area (Å²) in [5, 5.41) is 0. The minimum atomic E-state index is 0.407. The van der Waals surface area contributed by atoms with E-state index in [-0.39, 0.29) is 0 Å². The Hall–Kier alpha value is -1.45. The van der Waals surface area contributed by atoms with E-state index in [9.17, 15) is 0 Å². The Morgan fingerprint density at radius 1 is 1.28 bits per heavy atom. The first kappa shape index (κ1) is 14.6. The average Bonchev–Trinajstić information content (AvgIpc) is 2.29. The Morgan fingerprint density at radius 3 is 2.44 bits per heavy atom. The van der Waals surface area contributed by atoms with E-state index in [0.29, 0.717) is 30.1 Å². The highest BCUT2D eigenvalue weighted by molar-refractivity contribution is 5.54. The van der Waals surface area contributed by atoms with Crippen molar-refractivity contribution in [2.45, 2.75) is 40.7 Å². The van der Waals surface area contributed by atoms with Crippen molar-refractivity contribution in [1.29, 1.82) is 0 Å². The van der Waals surface area contributed by atoms with Gasteiger partial charge in [-0.15, -0.1) is 0 Å². The Bertz CT molecular complexity index is 377. The van der Waals surface area contributed by atoms with Crippen molar-refractivity contribution in [1.82, 2.24) is 4.98 Å². The van der Waals surface area contributed by atoms with Gasteiger partial charge in [0.1, 0.15) is 5.82 Å². The van der Waals surface area contributed by atoms with Crippen LogP contribution in [0.25, 0.3) is 0 Å². The van der Waals surface area contributed by atoms with Gasteiger partial charge < -0.3 is 15.4 Å². The van der Waals surface area contributed by atoms with Crippen LogP contribution in [-0.4, -0.2) is 24.2 Å². The summed E-state index contributed by atoms with van der Waals surface area (Å²) in [5.74, 6) is 1.92. The van der Waals surface area contributed by atoms with Crippen molar-refractivity contribution < 1.29 is 4.74 Å². The minimum absolute atomic E-state index is 0.407. The third kappa shape index (κ3) is 3.79. The van der Waals surface area contributed by atoms with Crippen LogP contribution in [0.4, 0.5) is 11.5 Å². The van der Waals surface area contributed by atoms with E-state index in [2.05, 4.69) is 44.5 Å². The van der Waals surface area contributed by atoms with Gasteiger partial charge in [-0.05, 0) is 38.8 Å². The maximum Gasteiger partial charge on any atom is 0.239 e. The normalized spacial score (nSPS) is 11.1. The topological polar surface area (TPSA) is 51.4 Å². The summed E-state index contributed by atoms with van der Waals surface area (Å²) < 4.78 is 5.65. The quantitative estimate of drug-likeness (QED) is 0.844. The molecular formula is C14H25N3O. The monoisotopic (exact) mass is 251 g/mol. The molecule has 0 unspecified atom stereocenters. The molecule has 0 bridgehead atoms. The first-order valence-corrected chi connectivity index (χ1v) is 6.61. The van der Waals surface area contributed by atoms with Crippen LogP contribution in [0.5, 0.6) is 5.88 Å². The molecular weight excluding hydrogens is 226 g/mol. The lowest BCUT2D eigenvalue weighted by Crippen LogP contribution is -2.31. The molecule has 0 amide bonds. The molecule has 1 heterocycles. The molecule has 1 rings (SSSR count). The fraction of sp³-hybridized carbons (Fsp3) is 0.643. The molecule has 0 radical (unpaired) electrons. The number of anilines is 2. The highest BCUT2D eigenvalue weighted by Gasteiger charge is 2.12. The Labute approximate surface area is 110 Å². The van der Waals surface area contributed by atoms with Crippen molar-refractivity contribution in [3.63, 3.8) is 0 Å². The van der Waals surface area contributed by atoms with Crippen molar-refractivity contribution >= 4 is 11.5 Å². The number of aromatic nitrogens is 1. The zero-order valence-electron chi connectivity index (χ0n) is 12.1. The van der Waals surface area contributed by atoms with Crippen molar-refractivity contribution in [3.05, 3.63) is 12.1 Å².